The summed E-state index contributed by atoms with van der Waals surface area (Å²) in [7, 11) is 5.62. The predicted molar refractivity (Wildman–Crippen MR) is 144 cm³/mol. The van der Waals surface area contributed by atoms with Crippen LogP contribution >= 0.6 is 11.6 Å². The van der Waals surface area contributed by atoms with E-state index in [4.69, 9.17) is 35.6 Å². The van der Waals surface area contributed by atoms with Gasteiger partial charge in [0.1, 0.15) is 30.0 Å². The van der Waals surface area contributed by atoms with Gasteiger partial charge in [-0.25, -0.2) is 9.97 Å². The van der Waals surface area contributed by atoms with Crippen molar-refractivity contribution in [3.8, 4) is 28.4 Å². The van der Waals surface area contributed by atoms with Gasteiger partial charge in [-0.05, 0) is 65.3 Å². The molecule has 1 aliphatic carbocycles. The van der Waals surface area contributed by atoms with Crippen LogP contribution in [0.25, 0.3) is 22.6 Å². The fraction of sp³-hybridized carbons (Fsp3) is 0.519. The third kappa shape index (κ3) is 5.90. The Hall–Kier alpha value is -2.72. The highest BCUT2D eigenvalue weighted by Gasteiger charge is 2.31. The molecule has 3 aromatic rings. The van der Waals surface area contributed by atoms with E-state index in [0.717, 1.165) is 47.6 Å². The van der Waals surface area contributed by atoms with Gasteiger partial charge in [-0.2, -0.15) is 0 Å². The first-order valence-corrected chi connectivity index (χ1v) is 12.9. The number of anilines is 1. The molecule has 0 bridgehead atoms. The fourth-order valence-corrected chi connectivity index (χ4v) is 5.14. The number of aliphatic hydroxyl groups is 1. The predicted octanol–water partition coefficient (Wildman–Crippen LogP) is 4.34. The molecule has 3 atom stereocenters. The first-order valence-electron chi connectivity index (χ1n) is 12.6. The van der Waals surface area contributed by atoms with E-state index in [1.54, 1.807) is 26.3 Å². The number of methoxy groups -OCH3 is 1. The molecule has 10 heteroatoms. The average Bonchev–Trinajstić information content (AvgIpc) is 3.50. The molecular weight excluding hydrogens is 494 g/mol. The molecule has 200 valence electrons. The van der Waals surface area contributed by atoms with Crippen LogP contribution in [-0.2, 0) is 4.74 Å². The van der Waals surface area contributed by atoms with Crippen LogP contribution in [0, 0.1) is 20.8 Å². The summed E-state index contributed by atoms with van der Waals surface area (Å²) in [5.41, 5.74) is 3.97. The standard InChI is InChI=1S/C27H36ClN5O4/c1-15-25(24-16(2)32-37-17(24)3)30-26(31-27(15)33(5)18-7-8-20(11-18)35-6)22-12-21(9-10-23(22)28)36-14-19(34)13-29-4/h9-10,12,18-20,29,34H,7-8,11,13-14H2,1-6H3. The lowest BCUT2D eigenvalue weighted by atomic mass is 10.0. The van der Waals surface area contributed by atoms with Gasteiger partial charge >= 0.3 is 0 Å². The lowest BCUT2D eigenvalue weighted by Crippen LogP contribution is -2.31. The number of likely N-dealkylation sites (N-methyl/N-ethyl adjacent to an activating group) is 1. The lowest BCUT2D eigenvalue weighted by molar-refractivity contribution is 0.108. The number of aryl methyl sites for hydroxylation is 2. The maximum Gasteiger partial charge on any atom is 0.163 e. The molecule has 4 rings (SSSR count). The first-order chi connectivity index (χ1) is 17.7. The summed E-state index contributed by atoms with van der Waals surface area (Å²) >= 11 is 6.66. The molecule has 1 aliphatic rings. The van der Waals surface area contributed by atoms with Gasteiger partial charge in [-0.3, -0.25) is 0 Å². The minimum absolute atomic E-state index is 0.150. The highest BCUT2D eigenvalue weighted by molar-refractivity contribution is 6.33. The number of hydrogen-bond donors (Lipinski definition) is 2. The van der Waals surface area contributed by atoms with E-state index in [1.807, 2.05) is 26.8 Å². The zero-order valence-corrected chi connectivity index (χ0v) is 23.1. The van der Waals surface area contributed by atoms with E-state index in [-0.39, 0.29) is 12.7 Å². The van der Waals surface area contributed by atoms with Crippen LogP contribution in [0.4, 0.5) is 5.82 Å². The SMILES string of the molecule is CNCC(O)COc1ccc(Cl)c(-c2nc(-c3c(C)noc3C)c(C)c(N(C)C3CCC(OC)C3)n2)c1. The zero-order chi connectivity index (χ0) is 26.7. The lowest BCUT2D eigenvalue weighted by Gasteiger charge is -2.28. The highest BCUT2D eigenvalue weighted by Crippen LogP contribution is 2.38. The number of aromatic nitrogens is 3. The van der Waals surface area contributed by atoms with E-state index < -0.39 is 6.10 Å². The maximum atomic E-state index is 10.0. The summed E-state index contributed by atoms with van der Waals surface area (Å²) in [6.45, 7) is 6.41. The summed E-state index contributed by atoms with van der Waals surface area (Å²) in [5.74, 6) is 2.58. The number of rotatable bonds is 10. The molecule has 37 heavy (non-hydrogen) atoms. The summed E-state index contributed by atoms with van der Waals surface area (Å²) in [5, 5.41) is 17.6. The number of nitrogens with zero attached hydrogens (tertiary/aromatic N) is 4. The van der Waals surface area contributed by atoms with E-state index in [2.05, 4.69) is 22.4 Å². The molecule has 0 aliphatic heterocycles. The van der Waals surface area contributed by atoms with Crippen molar-refractivity contribution in [1.29, 1.82) is 0 Å². The van der Waals surface area contributed by atoms with Crippen molar-refractivity contribution in [3.63, 3.8) is 0 Å². The van der Waals surface area contributed by atoms with Crippen LogP contribution in [0.5, 0.6) is 5.75 Å². The van der Waals surface area contributed by atoms with Crippen molar-refractivity contribution >= 4 is 17.4 Å². The van der Waals surface area contributed by atoms with Crippen LogP contribution in [0.3, 0.4) is 0 Å². The van der Waals surface area contributed by atoms with E-state index in [9.17, 15) is 5.11 Å². The first kappa shape index (κ1) is 27.3. The molecule has 2 heterocycles. The number of halogens is 1. The smallest absolute Gasteiger partial charge is 0.163 e. The molecule has 0 spiro atoms. The minimum atomic E-state index is -0.631. The Morgan fingerprint density at radius 2 is 2.03 bits per heavy atom. The molecule has 0 amide bonds. The van der Waals surface area contributed by atoms with Crippen molar-refractivity contribution in [2.24, 2.45) is 0 Å². The third-order valence-corrected chi connectivity index (χ3v) is 7.35. The van der Waals surface area contributed by atoms with Gasteiger partial charge in [0.05, 0.1) is 28.1 Å². The van der Waals surface area contributed by atoms with Crippen molar-refractivity contribution in [1.82, 2.24) is 20.4 Å². The maximum absolute atomic E-state index is 10.0. The average molecular weight is 530 g/mol. The Balaban J connectivity index is 1.79. The Morgan fingerprint density at radius 1 is 1.24 bits per heavy atom. The van der Waals surface area contributed by atoms with Crippen LogP contribution in [0.2, 0.25) is 5.02 Å². The quantitative estimate of drug-likeness (QED) is 0.396. The van der Waals surface area contributed by atoms with Gasteiger partial charge in [0.25, 0.3) is 0 Å². The number of hydrogen-bond acceptors (Lipinski definition) is 9. The van der Waals surface area contributed by atoms with Gasteiger partial charge in [0.2, 0.25) is 0 Å². The van der Waals surface area contributed by atoms with Crippen molar-refractivity contribution in [2.45, 2.75) is 58.3 Å². The Morgan fingerprint density at radius 3 is 2.68 bits per heavy atom. The second kappa shape index (κ2) is 11.8. The molecule has 1 saturated carbocycles. The largest absolute Gasteiger partial charge is 0.491 e. The van der Waals surface area contributed by atoms with Gasteiger partial charge in [-0.1, -0.05) is 16.8 Å². The monoisotopic (exact) mass is 529 g/mol. The summed E-state index contributed by atoms with van der Waals surface area (Å²) in [6, 6.07) is 5.65. The fourth-order valence-electron chi connectivity index (χ4n) is 4.94. The molecule has 2 aromatic heterocycles. The molecule has 0 radical (unpaired) electrons. The van der Waals surface area contributed by atoms with Crippen LogP contribution in [0.1, 0.15) is 36.3 Å². The molecule has 1 fully saturated rings. The third-order valence-electron chi connectivity index (χ3n) is 7.02. The molecule has 0 saturated heterocycles. The van der Waals surface area contributed by atoms with Crippen LogP contribution < -0.4 is 15.0 Å². The Labute approximate surface area is 223 Å². The second-order valence-corrected chi connectivity index (χ2v) is 10.1. The van der Waals surface area contributed by atoms with Gasteiger partial charge in [0, 0.05) is 37.9 Å². The van der Waals surface area contributed by atoms with Crippen LogP contribution in [0.15, 0.2) is 22.7 Å². The second-order valence-electron chi connectivity index (χ2n) is 9.64. The molecule has 9 nitrogen and oxygen atoms in total. The molecular formula is C27H36ClN5O4. The highest BCUT2D eigenvalue weighted by atomic mass is 35.5. The molecule has 2 N–H and O–H groups in total. The summed E-state index contributed by atoms with van der Waals surface area (Å²) in [4.78, 5) is 12.2. The van der Waals surface area contributed by atoms with Gasteiger partial charge in [-0.15, -0.1) is 0 Å². The number of ether oxygens (including phenoxy) is 2. The van der Waals surface area contributed by atoms with Crippen LogP contribution in [-0.4, -0.2) is 72.8 Å². The van der Waals surface area contributed by atoms with Crippen molar-refractivity contribution in [3.05, 3.63) is 40.2 Å². The molecule has 1 aromatic carbocycles. The Bertz CT molecular complexity index is 1210. The zero-order valence-electron chi connectivity index (χ0n) is 22.3. The minimum Gasteiger partial charge on any atom is -0.491 e. The van der Waals surface area contributed by atoms with E-state index in [0.29, 0.717) is 40.5 Å². The number of benzene rings is 1. The van der Waals surface area contributed by atoms with Gasteiger partial charge in [0.15, 0.2) is 5.82 Å². The summed E-state index contributed by atoms with van der Waals surface area (Å²) < 4.78 is 16.9. The van der Waals surface area contributed by atoms with Crippen molar-refractivity contribution in [2.75, 3.05) is 39.3 Å². The van der Waals surface area contributed by atoms with E-state index in [1.165, 1.54) is 0 Å². The Kier molecular flexibility index (Phi) is 8.69. The van der Waals surface area contributed by atoms with Gasteiger partial charge < -0.3 is 29.3 Å². The number of aliphatic hydroxyl groups excluding tert-OH is 1. The molecule has 3 unspecified atom stereocenters. The van der Waals surface area contributed by atoms with E-state index >= 15 is 0 Å². The normalized spacial score (nSPS) is 18.3. The topological polar surface area (TPSA) is 106 Å². The number of nitrogens with one attached hydrogen (secondary N) is 1. The van der Waals surface area contributed by atoms with Crippen molar-refractivity contribution < 1.29 is 19.1 Å². The summed E-state index contributed by atoms with van der Waals surface area (Å²) in [6.07, 6.45) is 2.59.